The number of imidazole rings is 1. The van der Waals surface area contributed by atoms with Gasteiger partial charge < -0.3 is 24.6 Å². The maximum Gasteiger partial charge on any atom is 0.171 e. The smallest absolute Gasteiger partial charge is 0.171 e. The Labute approximate surface area is 226 Å². The van der Waals surface area contributed by atoms with Crippen molar-refractivity contribution in [2.75, 3.05) is 12.3 Å². The fourth-order valence-corrected chi connectivity index (χ4v) is 5.76. The van der Waals surface area contributed by atoms with Crippen molar-refractivity contribution in [1.82, 2.24) is 24.5 Å². The van der Waals surface area contributed by atoms with Crippen LogP contribution >= 0.6 is 0 Å². The van der Waals surface area contributed by atoms with Crippen LogP contribution in [0.4, 0.5) is 5.82 Å². The molecule has 4 aromatic rings. The zero-order valence-electron chi connectivity index (χ0n) is 23.7. The summed E-state index contributed by atoms with van der Waals surface area (Å²) in [5, 5.41) is 10.6. The van der Waals surface area contributed by atoms with Gasteiger partial charge in [-0.3, -0.25) is 9.97 Å². The van der Waals surface area contributed by atoms with Gasteiger partial charge in [0.2, 0.25) is 0 Å². The molecule has 0 aliphatic rings. The normalized spacial score (nSPS) is 13.6. The van der Waals surface area contributed by atoms with Gasteiger partial charge in [-0.15, -0.1) is 0 Å². The molecule has 0 saturated carbocycles. The number of rotatable bonds is 9. The lowest BCUT2D eigenvalue weighted by molar-refractivity contribution is 0.0582. The number of fused-ring (bicyclic) bond motifs is 3. The highest BCUT2D eigenvalue weighted by atomic mass is 28.3. The monoisotopic (exact) mass is 536 g/mol. The number of aromatic nitrogens is 5. The van der Waals surface area contributed by atoms with E-state index >= 15 is 0 Å². The van der Waals surface area contributed by atoms with Crippen LogP contribution < -0.4 is 5.73 Å². The number of ether oxygens (including phenoxy) is 1. The number of nitrogens with two attached hydrogens (primary N) is 1. The summed E-state index contributed by atoms with van der Waals surface area (Å²) < 4.78 is 14.0. The highest BCUT2D eigenvalue weighted by Gasteiger charge is 2.29. The summed E-state index contributed by atoms with van der Waals surface area (Å²) >= 11 is 0. The Bertz CT molecular complexity index is 1440. The molecule has 1 atom stereocenters. The maximum absolute atomic E-state index is 10.6. The summed E-state index contributed by atoms with van der Waals surface area (Å²) in [5.41, 5.74) is 10.8. The molecular formula is C28H40N6O3Si. The second kappa shape index (κ2) is 10.7. The predicted octanol–water partition coefficient (Wildman–Crippen LogP) is 5.02. The van der Waals surface area contributed by atoms with Crippen LogP contribution in [0.15, 0.2) is 30.7 Å². The van der Waals surface area contributed by atoms with Crippen molar-refractivity contribution in [2.24, 2.45) is 5.41 Å². The van der Waals surface area contributed by atoms with Gasteiger partial charge >= 0.3 is 0 Å². The quantitative estimate of drug-likeness (QED) is 0.286. The molecule has 0 radical (unpaired) electrons. The maximum atomic E-state index is 10.6. The minimum absolute atomic E-state index is 0.0524. The Morgan fingerprint density at radius 3 is 2.37 bits per heavy atom. The molecule has 38 heavy (non-hydrogen) atoms. The number of aliphatic hydroxyl groups is 1. The first-order chi connectivity index (χ1) is 17.8. The first-order valence-electron chi connectivity index (χ1n) is 13.1. The van der Waals surface area contributed by atoms with Crippen LogP contribution in [0.3, 0.4) is 0 Å². The van der Waals surface area contributed by atoms with Crippen LogP contribution in [-0.4, -0.2) is 50.9 Å². The molecule has 0 aromatic carbocycles. The number of anilines is 1. The third-order valence-corrected chi connectivity index (χ3v) is 7.01. The van der Waals surface area contributed by atoms with Crippen molar-refractivity contribution in [2.45, 2.75) is 79.5 Å². The van der Waals surface area contributed by atoms with E-state index in [2.05, 4.69) is 49.9 Å². The third kappa shape index (κ3) is 6.04. The minimum Gasteiger partial charge on any atom is -0.413 e. The fourth-order valence-electron chi connectivity index (χ4n) is 4.65. The van der Waals surface area contributed by atoms with Crippen LogP contribution in [-0.2, 0) is 22.3 Å². The van der Waals surface area contributed by atoms with Crippen molar-refractivity contribution in [3.05, 3.63) is 42.1 Å². The Hall–Kier alpha value is -2.92. The van der Waals surface area contributed by atoms with Crippen LogP contribution in [0.1, 0.15) is 59.0 Å². The molecule has 3 N–H and O–H groups in total. The Balaban J connectivity index is 1.85. The number of nitrogen functional groups attached to an aromatic ring is 1. The highest BCUT2D eigenvalue weighted by molar-refractivity contribution is 6.48. The van der Waals surface area contributed by atoms with Gasteiger partial charge in [-0.05, 0) is 57.0 Å². The molecule has 0 aliphatic carbocycles. The van der Waals surface area contributed by atoms with Crippen LogP contribution in [0.2, 0.25) is 13.1 Å². The van der Waals surface area contributed by atoms with Crippen molar-refractivity contribution >= 4 is 36.9 Å². The van der Waals surface area contributed by atoms with Crippen LogP contribution in [0.5, 0.6) is 0 Å². The van der Waals surface area contributed by atoms with E-state index in [9.17, 15) is 5.11 Å². The average Bonchev–Trinajstić information content (AvgIpc) is 3.17. The number of hydrogen-bond acceptors (Lipinski definition) is 8. The van der Waals surface area contributed by atoms with E-state index in [-0.39, 0.29) is 11.5 Å². The molecule has 0 amide bonds. The van der Waals surface area contributed by atoms with Gasteiger partial charge in [0.15, 0.2) is 14.9 Å². The van der Waals surface area contributed by atoms with E-state index in [1.54, 1.807) is 13.8 Å². The Morgan fingerprint density at radius 2 is 1.74 bits per heavy atom. The summed E-state index contributed by atoms with van der Waals surface area (Å²) in [6.07, 6.45) is 5.50. The van der Waals surface area contributed by atoms with Gasteiger partial charge in [-0.1, -0.05) is 20.8 Å². The number of hydrogen-bond donors (Lipinski definition) is 2. The first-order valence-corrected chi connectivity index (χ1v) is 15.9. The Kier molecular flexibility index (Phi) is 7.90. The minimum atomic E-state index is -1.28. The van der Waals surface area contributed by atoms with E-state index in [4.69, 9.17) is 24.9 Å². The lowest BCUT2D eigenvalue weighted by Gasteiger charge is -2.33. The van der Waals surface area contributed by atoms with Gasteiger partial charge in [-0.25, -0.2) is 9.97 Å². The van der Waals surface area contributed by atoms with Gasteiger partial charge in [-0.2, -0.15) is 0 Å². The lowest BCUT2D eigenvalue weighted by Crippen LogP contribution is -2.27. The van der Waals surface area contributed by atoms with E-state index < -0.39 is 14.6 Å². The van der Waals surface area contributed by atoms with Gasteiger partial charge in [0.05, 0.1) is 23.8 Å². The van der Waals surface area contributed by atoms with Gasteiger partial charge in [0.1, 0.15) is 29.0 Å². The SMILES string of the molecule is CCOCc1nc2c(N)nc3cc(-c4cncc(C(O[SiH](C)C)C(C)(C)C)c4)cnc3c2n1CC(C)(C)O. The summed E-state index contributed by atoms with van der Waals surface area (Å²) in [4.78, 5) is 18.7. The van der Waals surface area contributed by atoms with E-state index in [1.807, 2.05) is 36.1 Å². The molecule has 0 fully saturated rings. The van der Waals surface area contributed by atoms with Crippen molar-refractivity contribution in [3.63, 3.8) is 0 Å². The van der Waals surface area contributed by atoms with Crippen LogP contribution in [0, 0.1) is 5.41 Å². The van der Waals surface area contributed by atoms with E-state index in [1.165, 1.54) is 0 Å². The molecule has 1 unspecified atom stereocenters. The Morgan fingerprint density at radius 1 is 1.03 bits per heavy atom. The van der Waals surface area contributed by atoms with Crippen molar-refractivity contribution in [1.29, 1.82) is 0 Å². The molecule has 0 aliphatic heterocycles. The molecule has 0 saturated heterocycles. The molecule has 204 valence electrons. The summed E-state index contributed by atoms with van der Waals surface area (Å²) in [5.74, 6) is 0.989. The molecular weight excluding hydrogens is 496 g/mol. The predicted molar refractivity (Wildman–Crippen MR) is 154 cm³/mol. The molecule has 0 bridgehead atoms. The van der Waals surface area contributed by atoms with Crippen LogP contribution in [0.25, 0.3) is 33.2 Å². The zero-order chi connectivity index (χ0) is 27.8. The third-order valence-electron chi connectivity index (χ3n) is 6.19. The fraction of sp³-hybridized carbons (Fsp3) is 0.500. The van der Waals surface area contributed by atoms with E-state index in [0.29, 0.717) is 48.0 Å². The first kappa shape index (κ1) is 28.1. The number of pyridine rings is 3. The lowest BCUT2D eigenvalue weighted by atomic mass is 9.85. The molecule has 9 nitrogen and oxygen atoms in total. The zero-order valence-corrected chi connectivity index (χ0v) is 24.9. The summed E-state index contributed by atoms with van der Waals surface area (Å²) in [6, 6.07) is 4.11. The van der Waals surface area contributed by atoms with Crippen molar-refractivity contribution in [3.8, 4) is 11.1 Å². The summed E-state index contributed by atoms with van der Waals surface area (Å²) in [6.45, 7) is 17.5. The standard InChI is InChI=1S/C28H40N6O3Si/c1-9-36-15-21-33-23-24(34(21)16-28(5,6)35)22-20(32-26(23)29)11-18(14-31-22)17-10-19(13-30-12-17)25(27(2,3)4)37-38(7)8/h10-14,25,35,38H,9,15-16H2,1-8H3,(H2,29,32). The van der Waals surface area contributed by atoms with Gasteiger partial charge in [0.25, 0.3) is 0 Å². The molecule has 4 aromatic heterocycles. The van der Waals surface area contributed by atoms with E-state index in [0.717, 1.165) is 22.2 Å². The molecule has 4 heterocycles. The average molecular weight is 537 g/mol. The second-order valence-electron chi connectivity index (χ2n) is 11.8. The second-order valence-corrected chi connectivity index (χ2v) is 14.2. The summed E-state index contributed by atoms with van der Waals surface area (Å²) in [7, 11) is -1.28. The topological polar surface area (TPSA) is 121 Å². The molecule has 10 heteroatoms. The molecule has 4 rings (SSSR count). The highest BCUT2D eigenvalue weighted by Crippen LogP contribution is 2.38. The van der Waals surface area contributed by atoms with Crippen molar-refractivity contribution < 1.29 is 14.3 Å². The number of nitrogens with zero attached hydrogens (tertiary/aromatic N) is 5. The van der Waals surface area contributed by atoms with Gasteiger partial charge in [0, 0.05) is 36.3 Å². The largest absolute Gasteiger partial charge is 0.413 e. The molecule has 0 spiro atoms.